The fourth-order valence-electron chi connectivity index (χ4n) is 2.25. The van der Waals surface area contributed by atoms with Gasteiger partial charge in [-0.3, -0.25) is 0 Å². The van der Waals surface area contributed by atoms with Crippen LogP contribution in [0.3, 0.4) is 0 Å². The third kappa shape index (κ3) is 3.29. The number of nitrogens with one attached hydrogen (secondary N) is 1. The van der Waals surface area contributed by atoms with Crippen LogP contribution in [0.1, 0.15) is 25.3 Å². The van der Waals surface area contributed by atoms with Crippen molar-refractivity contribution in [3.8, 4) is 28.6 Å². The molecule has 1 aromatic heterocycles. The van der Waals surface area contributed by atoms with Crippen LogP contribution in [-0.4, -0.2) is 25.7 Å². The molecular formula is C16H14Cl2N4O2. The molecule has 0 amide bonds. The van der Waals surface area contributed by atoms with Gasteiger partial charge in [-0.2, -0.15) is 5.21 Å². The molecule has 0 aliphatic heterocycles. The molecule has 0 aliphatic carbocycles. The van der Waals surface area contributed by atoms with Crippen molar-refractivity contribution in [1.29, 1.82) is 0 Å². The van der Waals surface area contributed by atoms with Gasteiger partial charge in [-0.05, 0) is 41.5 Å². The molecule has 2 N–H and O–H groups in total. The first-order valence-corrected chi connectivity index (χ1v) is 7.95. The highest BCUT2D eigenvalue weighted by Crippen LogP contribution is 2.40. The number of aromatic hydroxyl groups is 1. The highest BCUT2D eigenvalue weighted by Gasteiger charge is 2.15. The Morgan fingerprint density at radius 2 is 1.83 bits per heavy atom. The molecule has 3 rings (SSSR count). The molecule has 0 bridgehead atoms. The van der Waals surface area contributed by atoms with Crippen molar-refractivity contribution in [3.63, 3.8) is 0 Å². The number of tetrazole rings is 1. The van der Waals surface area contributed by atoms with Crippen LogP contribution in [0.2, 0.25) is 10.0 Å². The minimum Gasteiger partial charge on any atom is -0.508 e. The van der Waals surface area contributed by atoms with Crippen molar-refractivity contribution in [2.45, 2.75) is 19.8 Å². The number of rotatable bonds is 4. The van der Waals surface area contributed by atoms with Gasteiger partial charge in [0.15, 0.2) is 5.75 Å². The van der Waals surface area contributed by atoms with Crippen LogP contribution in [0.15, 0.2) is 30.3 Å². The van der Waals surface area contributed by atoms with E-state index in [1.54, 1.807) is 30.3 Å². The number of hydrogen-bond acceptors (Lipinski definition) is 5. The summed E-state index contributed by atoms with van der Waals surface area (Å²) in [4.78, 5) is 0. The lowest BCUT2D eigenvalue weighted by atomic mass is 10.0. The molecule has 2 aromatic carbocycles. The van der Waals surface area contributed by atoms with Crippen molar-refractivity contribution in [2.75, 3.05) is 0 Å². The second kappa shape index (κ2) is 6.67. The minimum absolute atomic E-state index is 0.153. The van der Waals surface area contributed by atoms with Gasteiger partial charge in [0, 0.05) is 11.1 Å². The SMILES string of the molecule is CC(C)c1cc(Oc2c(Cl)cc(-c3nn[nH]n3)cc2Cl)ccc1O. The van der Waals surface area contributed by atoms with Gasteiger partial charge >= 0.3 is 0 Å². The van der Waals surface area contributed by atoms with E-state index < -0.39 is 0 Å². The van der Waals surface area contributed by atoms with Gasteiger partial charge in [-0.1, -0.05) is 37.0 Å². The molecule has 124 valence electrons. The van der Waals surface area contributed by atoms with Gasteiger partial charge in [-0.15, -0.1) is 10.2 Å². The molecule has 0 aliphatic rings. The molecule has 3 aromatic rings. The minimum atomic E-state index is 0.153. The Morgan fingerprint density at radius 1 is 1.12 bits per heavy atom. The van der Waals surface area contributed by atoms with Gasteiger partial charge in [-0.25, -0.2) is 0 Å². The van der Waals surface area contributed by atoms with E-state index in [2.05, 4.69) is 20.6 Å². The van der Waals surface area contributed by atoms with Crippen LogP contribution in [0, 0.1) is 0 Å². The molecule has 0 spiro atoms. The Hall–Kier alpha value is -2.31. The van der Waals surface area contributed by atoms with E-state index in [4.69, 9.17) is 27.9 Å². The highest BCUT2D eigenvalue weighted by atomic mass is 35.5. The maximum absolute atomic E-state index is 9.89. The van der Waals surface area contributed by atoms with Crippen LogP contribution in [0.5, 0.6) is 17.2 Å². The van der Waals surface area contributed by atoms with Gasteiger partial charge in [0.2, 0.25) is 5.82 Å². The van der Waals surface area contributed by atoms with Crippen LogP contribution >= 0.6 is 23.2 Å². The van der Waals surface area contributed by atoms with Crippen LogP contribution in [0.25, 0.3) is 11.4 Å². The average Bonchev–Trinajstić information content (AvgIpc) is 3.06. The Morgan fingerprint density at radius 3 is 2.42 bits per heavy atom. The number of phenolic OH excluding ortho intramolecular Hbond substituents is 1. The van der Waals surface area contributed by atoms with E-state index >= 15 is 0 Å². The van der Waals surface area contributed by atoms with Gasteiger partial charge in [0.05, 0.1) is 10.0 Å². The topological polar surface area (TPSA) is 83.9 Å². The van der Waals surface area contributed by atoms with E-state index in [0.717, 1.165) is 5.56 Å². The first kappa shape index (κ1) is 16.5. The first-order valence-electron chi connectivity index (χ1n) is 7.19. The molecular weight excluding hydrogens is 351 g/mol. The lowest BCUT2D eigenvalue weighted by Crippen LogP contribution is -1.92. The number of benzene rings is 2. The number of hydrogen-bond donors (Lipinski definition) is 2. The van der Waals surface area contributed by atoms with Gasteiger partial charge in [0.1, 0.15) is 11.5 Å². The number of halogens is 2. The monoisotopic (exact) mass is 364 g/mol. The van der Waals surface area contributed by atoms with Crippen LogP contribution in [-0.2, 0) is 0 Å². The maximum Gasteiger partial charge on any atom is 0.204 e. The first-order chi connectivity index (χ1) is 11.5. The zero-order valence-corrected chi connectivity index (χ0v) is 14.4. The summed E-state index contributed by atoms with van der Waals surface area (Å²) >= 11 is 12.6. The number of ether oxygens (including phenoxy) is 1. The van der Waals surface area contributed by atoms with E-state index in [1.165, 1.54) is 0 Å². The zero-order chi connectivity index (χ0) is 17.3. The molecule has 6 nitrogen and oxygen atoms in total. The summed E-state index contributed by atoms with van der Waals surface area (Å²) in [6, 6.07) is 8.30. The molecule has 0 saturated carbocycles. The zero-order valence-electron chi connectivity index (χ0n) is 12.9. The van der Waals surface area contributed by atoms with Crippen molar-refractivity contribution in [1.82, 2.24) is 20.6 Å². The summed E-state index contributed by atoms with van der Waals surface area (Å²) < 4.78 is 5.82. The summed E-state index contributed by atoms with van der Waals surface area (Å²) in [6.45, 7) is 3.97. The second-order valence-corrected chi connectivity index (χ2v) is 6.30. The fraction of sp³-hybridized carbons (Fsp3) is 0.188. The van der Waals surface area contributed by atoms with E-state index in [0.29, 0.717) is 32.9 Å². The third-order valence-corrected chi connectivity index (χ3v) is 4.00. The summed E-state index contributed by atoms with van der Waals surface area (Å²) in [6.07, 6.45) is 0. The molecule has 8 heteroatoms. The number of nitrogens with zero attached hydrogens (tertiary/aromatic N) is 3. The molecule has 24 heavy (non-hydrogen) atoms. The molecule has 0 unspecified atom stereocenters. The average molecular weight is 365 g/mol. The standard InChI is InChI=1S/C16H14Cl2N4O2/c1-8(2)11-7-10(3-4-14(11)23)24-15-12(17)5-9(6-13(15)18)16-19-21-22-20-16/h3-8,23H,1-2H3,(H,19,20,21,22). The van der Waals surface area contributed by atoms with Crippen molar-refractivity contribution in [3.05, 3.63) is 45.9 Å². The normalized spacial score (nSPS) is 11.0. The predicted octanol–water partition coefficient (Wildman–Crippen LogP) is 4.79. The summed E-state index contributed by atoms with van der Waals surface area (Å²) in [5, 5.41) is 24.2. The Bertz CT molecular complexity index is 844. The van der Waals surface area contributed by atoms with Crippen molar-refractivity contribution < 1.29 is 9.84 Å². The van der Waals surface area contributed by atoms with Crippen LogP contribution < -0.4 is 4.74 Å². The summed E-state index contributed by atoms with van der Waals surface area (Å²) in [5.74, 6) is 1.62. The molecule has 0 radical (unpaired) electrons. The predicted molar refractivity (Wildman–Crippen MR) is 91.9 cm³/mol. The van der Waals surface area contributed by atoms with Gasteiger partial charge < -0.3 is 9.84 Å². The smallest absolute Gasteiger partial charge is 0.204 e. The van der Waals surface area contributed by atoms with E-state index in [-0.39, 0.29) is 11.7 Å². The van der Waals surface area contributed by atoms with Gasteiger partial charge in [0.25, 0.3) is 0 Å². The lowest BCUT2D eigenvalue weighted by Gasteiger charge is -2.14. The fourth-order valence-corrected chi connectivity index (χ4v) is 2.81. The van der Waals surface area contributed by atoms with E-state index in [1.807, 2.05) is 13.8 Å². The summed E-state index contributed by atoms with van der Waals surface area (Å²) in [5.41, 5.74) is 1.41. The largest absolute Gasteiger partial charge is 0.508 e. The number of aromatic amines is 1. The van der Waals surface area contributed by atoms with Crippen LogP contribution in [0.4, 0.5) is 0 Å². The number of aromatic nitrogens is 4. The summed E-state index contributed by atoms with van der Waals surface area (Å²) in [7, 11) is 0. The lowest BCUT2D eigenvalue weighted by molar-refractivity contribution is 0.455. The number of phenols is 1. The molecule has 0 fully saturated rings. The molecule has 0 atom stereocenters. The Balaban J connectivity index is 1.95. The van der Waals surface area contributed by atoms with Crippen molar-refractivity contribution >= 4 is 23.2 Å². The quantitative estimate of drug-likeness (QED) is 0.694. The molecule has 0 saturated heterocycles. The highest BCUT2D eigenvalue weighted by molar-refractivity contribution is 6.37. The Kier molecular flexibility index (Phi) is 4.59. The number of H-pyrrole nitrogens is 1. The second-order valence-electron chi connectivity index (χ2n) is 5.48. The third-order valence-electron chi connectivity index (χ3n) is 3.44. The molecule has 1 heterocycles. The Labute approximate surface area is 148 Å². The van der Waals surface area contributed by atoms with E-state index in [9.17, 15) is 5.11 Å². The maximum atomic E-state index is 9.89. The van der Waals surface area contributed by atoms with Crippen molar-refractivity contribution in [2.24, 2.45) is 0 Å².